The lowest BCUT2D eigenvalue weighted by Crippen LogP contribution is -2.34. The molecule has 7 heteroatoms. The van der Waals surface area contributed by atoms with Gasteiger partial charge in [0.2, 0.25) is 0 Å². The van der Waals surface area contributed by atoms with Gasteiger partial charge in [-0.2, -0.15) is 0 Å². The molecule has 2 aromatic rings. The van der Waals surface area contributed by atoms with Crippen molar-refractivity contribution in [3.63, 3.8) is 0 Å². The Balaban J connectivity index is 1.22. The summed E-state index contributed by atoms with van der Waals surface area (Å²) in [6.07, 6.45) is 3.16. The van der Waals surface area contributed by atoms with E-state index in [2.05, 4.69) is 27.3 Å². The van der Waals surface area contributed by atoms with Gasteiger partial charge in [-0.05, 0) is 61.7 Å². The Morgan fingerprint density at radius 3 is 2.58 bits per heavy atom. The number of guanidine groups is 1. The van der Waals surface area contributed by atoms with Crippen LogP contribution in [0.1, 0.15) is 24.8 Å². The molecule has 0 saturated carbocycles. The molecule has 3 N–H and O–H groups in total. The van der Waals surface area contributed by atoms with E-state index in [1.165, 1.54) is 5.56 Å². The predicted octanol–water partition coefficient (Wildman–Crippen LogP) is 3.50. The number of rotatable bonds is 6. The summed E-state index contributed by atoms with van der Waals surface area (Å²) >= 11 is 0. The highest BCUT2D eigenvalue weighted by molar-refractivity contribution is 5.92. The smallest absolute Gasteiger partial charge is 0.193 e. The third kappa shape index (κ3) is 6.04. The molecule has 7 nitrogen and oxygen atoms in total. The van der Waals surface area contributed by atoms with Gasteiger partial charge >= 0.3 is 0 Å². The summed E-state index contributed by atoms with van der Waals surface area (Å²) < 4.78 is 16.6. The summed E-state index contributed by atoms with van der Waals surface area (Å²) in [4.78, 5) is 7.08. The van der Waals surface area contributed by atoms with E-state index in [-0.39, 0.29) is 0 Å². The zero-order chi connectivity index (χ0) is 21.5. The minimum Gasteiger partial charge on any atom is -0.497 e. The summed E-state index contributed by atoms with van der Waals surface area (Å²) in [7, 11) is 1.70. The maximum Gasteiger partial charge on any atom is 0.193 e. The number of nitrogens with zero attached hydrogens (tertiary/aromatic N) is 2. The van der Waals surface area contributed by atoms with Crippen molar-refractivity contribution in [2.24, 2.45) is 16.6 Å². The van der Waals surface area contributed by atoms with E-state index in [4.69, 9.17) is 19.9 Å². The molecule has 0 aromatic heterocycles. The molecule has 0 aliphatic carbocycles. The Labute approximate surface area is 184 Å². The van der Waals surface area contributed by atoms with Gasteiger partial charge in [0.1, 0.15) is 5.75 Å². The molecule has 0 radical (unpaired) electrons. The first kappa shape index (κ1) is 21.3. The fraction of sp³-hybridized carbons (Fsp3) is 0.458. The summed E-state index contributed by atoms with van der Waals surface area (Å²) in [6.45, 7) is 5.25. The van der Waals surface area contributed by atoms with Crippen LogP contribution >= 0.6 is 0 Å². The number of likely N-dealkylation sites (tertiary alicyclic amines) is 1. The topological polar surface area (TPSA) is 81.3 Å². The van der Waals surface area contributed by atoms with Crippen LogP contribution in [0.3, 0.4) is 0 Å². The lowest BCUT2D eigenvalue weighted by atomic mass is 9.96. The Bertz CT molecular complexity index is 877. The van der Waals surface area contributed by atoms with Crippen LogP contribution in [0.15, 0.2) is 47.5 Å². The van der Waals surface area contributed by atoms with Crippen LogP contribution in [-0.2, 0) is 6.54 Å². The molecule has 2 aliphatic heterocycles. The Kier molecular flexibility index (Phi) is 7.14. The van der Waals surface area contributed by atoms with Crippen LogP contribution in [-0.4, -0.2) is 50.8 Å². The third-order valence-electron chi connectivity index (χ3n) is 5.81. The van der Waals surface area contributed by atoms with Crippen molar-refractivity contribution in [1.29, 1.82) is 0 Å². The number of anilines is 1. The SMILES string of the molecule is COc1ccc(CN2CCC(CN=C(N)Nc3ccc4c(c3)OCCCO4)CC2)cc1. The van der Waals surface area contributed by atoms with Gasteiger partial charge in [0, 0.05) is 31.3 Å². The Hall–Kier alpha value is -2.93. The van der Waals surface area contributed by atoms with Gasteiger partial charge in [0.15, 0.2) is 17.5 Å². The number of nitrogens with two attached hydrogens (primary N) is 1. The monoisotopic (exact) mass is 424 g/mol. The zero-order valence-corrected chi connectivity index (χ0v) is 18.2. The number of fused-ring (bicyclic) bond motifs is 1. The van der Waals surface area contributed by atoms with Crippen LogP contribution in [0.2, 0.25) is 0 Å². The Morgan fingerprint density at radius 2 is 1.84 bits per heavy atom. The van der Waals surface area contributed by atoms with E-state index in [0.29, 0.717) is 25.1 Å². The molecule has 2 aromatic carbocycles. The molecule has 1 fully saturated rings. The quantitative estimate of drug-likeness (QED) is 0.546. The van der Waals surface area contributed by atoms with Gasteiger partial charge in [0.05, 0.1) is 20.3 Å². The molecule has 4 rings (SSSR count). The van der Waals surface area contributed by atoms with Crippen LogP contribution in [0, 0.1) is 5.92 Å². The first-order chi connectivity index (χ1) is 15.2. The van der Waals surface area contributed by atoms with E-state index in [1.54, 1.807) is 7.11 Å². The fourth-order valence-corrected chi connectivity index (χ4v) is 3.97. The van der Waals surface area contributed by atoms with Crippen molar-refractivity contribution >= 4 is 11.6 Å². The second-order valence-corrected chi connectivity index (χ2v) is 8.13. The average Bonchev–Trinajstić information content (AvgIpc) is 3.04. The lowest BCUT2D eigenvalue weighted by molar-refractivity contribution is 0.180. The Morgan fingerprint density at radius 1 is 1.10 bits per heavy atom. The zero-order valence-electron chi connectivity index (χ0n) is 18.2. The molecule has 0 spiro atoms. The largest absolute Gasteiger partial charge is 0.497 e. The number of hydrogen-bond donors (Lipinski definition) is 2. The summed E-state index contributed by atoms with van der Waals surface area (Å²) in [5, 5.41) is 3.17. The van der Waals surface area contributed by atoms with Crippen LogP contribution in [0.25, 0.3) is 0 Å². The van der Waals surface area contributed by atoms with Crippen molar-refractivity contribution in [3.05, 3.63) is 48.0 Å². The molecule has 166 valence electrons. The number of nitrogens with one attached hydrogen (secondary N) is 1. The first-order valence-corrected chi connectivity index (χ1v) is 11.0. The summed E-state index contributed by atoms with van der Waals surface area (Å²) in [6, 6.07) is 14.1. The number of methoxy groups -OCH3 is 1. The van der Waals surface area contributed by atoms with E-state index >= 15 is 0 Å². The van der Waals surface area contributed by atoms with Crippen molar-refractivity contribution in [3.8, 4) is 17.2 Å². The maximum absolute atomic E-state index is 6.13. The van der Waals surface area contributed by atoms with Crippen LogP contribution in [0.4, 0.5) is 5.69 Å². The molecular weight excluding hydrogens is 392 g/mol. The molecule has 1 saturated heterocycles. The van der Waals surface area contributed by atoms with Gasteiger partial charge in [0.25, 0.3) is 0 Å². The van der Waals surface area contributed by atoms with Gasteiger partial charge in [-0.15, -0.1) is 0 Å². The third-order valence-corrected chi connectivity index (χ3v) is 5.81. The number of benzene rings is 2. The number of hydrogen-bond acceptors (Lipinski definition) is 5. The minimum absolute atomic E-state index is 0.440. The van der Waals surface area contributed by atoms with Crippen LogP contribution < -0.4 is 25.3 Å². The van der Waals surface area contributed by atoms with Gasteiger partial charge < -0.3 is 25.3 Å². The molecule has 2 aliphatic rings. The average molecular weight is 425 g/mol. The highest BCUT2D eigenvalue weighted by Crippen LogP contribution is 2.32. The number of ether oxygens (including phenoxy) is 3. The van der Waals surface area contributed by atoms with Gasteiger partial charge in [-0.3, -0.25) is 9.89 Å². The van der Waals surface area contributed by atoms with E-state index in [1.807, 2.05) is 30.3 Å². The highest BCUT2D eigenvalue weighted by atomic mass is 16.5. The minimum atomic E-state index is 0.440. The number of piperidine rings is 1. The predicted molar refractivity (Wildman–Crippen MR) is 123 cm³/mol. The molecule has 31 heavy (non-hydrogen) atoms. The van der Waals surface area contributed by atoms with E-state index in [0.717, 1.165) is 68.4 Å². The van der Waals surface area contributed by atoms with Crippen molar-refractivity contribution in [2.75, 3.05) is 45.3 Å². The standard InChI is InChI=1S/C24H32N4O3/c1-29-21-6-3-19(4-7-21)17-28-11-9-18(10-12-28)16-26-24(25)27-20-5-8-22-23(15-20)31-14-2-13-30-22/h3-8,15,18H,2,9-14,16-17H2,1H3,(H3,25,26,27). The molecular formula is C24H32N4O3. The van der Waals surface area contributed by atoms with Crippen molar-refractivity contribution < 1.29 is 14.2 Å². The molecule has 0 bridgehead atoms. The molecule has 0 unspecified atom stereocenters. The fourth-order valence-electron chi connectivity index (χ4n) is 3.97. The van der Waals surface area contributed by atoms with E-state index in [9.17, 15) is 0 Å². The normalized spacial score (nSPS) is 17.8. The van der Waals surface area contributed by atoms with Crippen LogP contribution in [0.5, 0.6) is 17.2 Å². The van der Waals surface area contributed by atoms with Crippen molar-refractivity contribution in [1.82, 2.24) is 4.90 Å². The van der Waals surface area contributed by atoms with Gasteiger partial charge in [-0.1, -0.05) is 12.1 Å². The second kappa shape index (κ2) is 10.4. The summed E-state index contributed by atoms with van der Waals surface area (Å²) in [5.41, 5.74) is 8.31. The van der Waals surface area contributed by atoms with E-state index < -0.39 is 0 Å². The summed E-state index contributed by atoms with van der Waals surface area (Å²) in [5.74, 6) is 3.43. The second-order valence-electron chi connectivity index (χ2n) is 8.13. The maximum atomic E-state index is 6.13. The highest BCUT2D eigenvalue weighted by Gasteiger charge is 2.19. The molecule has 2 heterocycles. The molecule has 0 atom stereocenters. The first-order valence-electron chi connectivity index (χ1n) is 11.0. The van der Waals surface area contributed by atoms with Crippen molar-refractivity contribution in [2.45, 2.75) is 25.8 Å². The number of aliphatic imine (C=N–C) groups is 1. The molecule has 0 amide bonds. The lowest BCUT2D eigenvalue weighted by Gasteiger charge is -2.31. The van der Waals surface area contributed by atoms with Gasteiger partial charge in [-0.25, -0.2) is 0 Å².